The summed E-state index contributed by atoms with van der Waals surface area (Å²) in [5, 5.41) is 2.78. The van der Waals surface area contributed by atoms with Crippen LogP contribution < -0.4 is 15.0 Å². The summed E-state index contributed by atoms with van der Waals surface area (Å²) in [7, 11) is 0. The van der Waals surface area contributed by atoms with Crippen molar-refractivity contribution in [2.24, 2.45) is 4.99 Å². The lowest BCUT2D eigenvalue weighted by Crippen LogP contribution is -2.50. The Morgan fingerprint density at radius 2 is 1.71 bits per heavy atom. The van der Waals surface area contributed by atoms with Gasteiger partial charge in [-0.25, -0.2) is 14.8 Å². The SMILES string of the molecule is CC(=O)Nc1cccc(Oc2cccc(N=C3CCN(CCCN4CCN(C(=O)OC(C)(C)C)CC4)c4nc(C)ncc43)c2)c1. The van der Waals surface area contributed by atoms with Gasteiger partial charge in [0.25, 0.3) is 0 Å². The van der Waals surface area contributed by atoms with Gasteiger partial charge in [-0.2, -0.15) is 0 Å². The molecule has 2 amide bonds. The zero-order chi connectivity index (χ0) is 32.0. The molecule has 1 aromatic heterocycles. The molecule has 5 rings (SSSR count). The highest BCUT2D eigenvalue weighted by Gasteiger charge is 2.27. The summed E-state index contributed by atoms with van der Waals surface area (Å²) in [5.41, 5.74) is 2.88. The summed E-state index contributed by atoms with van der Waals surface area (Å²) in [5.74, 6) is 2.80. The van der Waals surface area contributed by atoms with Crippen molar-refractivity contribution < 1.29 is 19.1 Å². The Labute approximate surface area is 265 Å². The van der Waals surface area contributed by atoms with E-state index in [0.717, 1.165) is 74.2 Å². The smallest absolute Gasteiger partial charge is 0.410 e. The minimum Gasteiger partial charge on any atom is -0.457 e. The highest BCUT2D eigenvalue weighted by atomic mass is 16.6. The number of benzene rings is 2. The minimum atomic E-state index is -0.479. The lowest BCUT2D eigenvalue weighted by Gasteiger charge is -2.36. The largest absolute Gasteiger partial charge is 0.457 e. The molecule has 0 unspecified atom stereocenters. The van der Waals surface area contributed by atoms with E-state index < -0.39 is 5.60 Å². The van der Waals surface area contributed by atoms with E-state index >= 15 is 0 Å². The van der Waals surface area contributed by atoms with E-state index in [1.54, 1.807) is 11.0 Å². The average molecular weight is 614 g/mol. The van der Waals surface area contributed by atoms with Gasteiger partial charge in [-0.15, -0.1) is 0 Å². The molecule has 0 aliphatic carbocycles. The Morgan fingerprint density at radius 1 is 0.978 bits per heavy atom. The molecule has 0 atom stereocenters. The number of piperazine rings is 1. The number of aryl methyl sites for hydroxylation is 1. The maximum absolute atomic E-state index is 12.4. The minimum absolute atomic E-state index is 0.134. The number of anilines is 2. The molecule has 3 aromatic rings. The second-order valence-electron chi connectivity index (χ2n) is 12.4. The van der Waals surface area contributed by atoms with Gasteiger partial charge in [0.2, 0.25) is 5.91 Å². The molecule has 3 heterocycles. The second-order valence-corrected chi connectivity index (χ2v) is 12.4. The molecule has 1 fully saturated rings. The summed E-state index contributed by atoms with van der Waals surface area (Å²) < 4.78 is 11.6. The summed E-state index contributed by atoms with van der Waals surface area (Å²) in [6.07, 6.45) is 3.42. The monoisotopic (exact) mass is 613 g/mol. The van der Waals surface area contributed by atoms with Crippen LogP contribution in [0.4, 0.5) is 22.0 Å². The highest BCUT2D eigenvalue weighted by Crippen LogP contribution is 2.30. The van der Waals surface area contributed by atoms with E-state index in [0.29, 0.717) is 30.3 Å². The Balaban J connectivity index is 1.20. The molecular weight excluding hydrogens is 570 g/mol. The number of carbonyl (C=O) groups is 2. The molecule has 0 spiro atoms. The summed E-state index contributed by atoms with van der Waals surface area (Å²) >= 11 is 0. The van der Waals surface area contributed by atoms with Crippen molar-refractivity contribution in [3.63, 3.8) is 0 Å². The first-order chi connectivity index (χ1) is 21.5. The number of aliphatic imine (C=N–C) groups is 1. The van der Waals surface area contributed by atoms with Gasteiger partial charge in [0, 0.05) is 76.6 Å². The molecule has 2 aliphatic heterocycles. The van der Waals surface area contributed by atoms with Gasteiger partial charge in [-0.1, -0.05) is 12.1 Å². The van der Waals surface area contributed by atoms with E-state index in [9.17, 15) is 9.59 Å². The number of nitrogens with one attached hydrogen (secondary N) is 1. The van der Waals surface area contributed by atoms with Crippen LogP contribution in [0.5, 0.6) is 11.5 Å². The number of aromatic nitrogens is 2. The lowest BCUT2D eigenvalue weighted by atomic mass is 10.0. The van der Waals surface area contributed by atoms with Gasteiger partial charge < -0.3 is 24.6 Å². The first-order valence-corrected chi connectivity index (χ1v) is 15.5. The molecule has 238 valence electrons. The van der Waals surface area contributed by atoms with E-state index in [4.69, 9.17) is 19.5 Å². The molecule has 0 radical (unpaired) electrons. The number of amides is 2. The molecule has 2 aromatic carbocycles. The first-order valence-electron chi connectivity index (χ1n) is 15.5. The maximum Gasteiger partial charge on any atom is 0.410 e. The number of nitrogens with zero attached hydrogens (tertiary/aromatic N) is 6. The Hall–Kier alpha value is -4.51. The van der Waals surface area contributed by atoms with Gasteiger partial charge in [-0.05, 0) is 64.9 Å². The van der Waals surface area contributed by atoms with Gasteiger partial charge in [-0.3, -0.25) is 14.7 Å². The third kappa shape index (κ3) is 9.01. The summed E-state index contributed by atoms with van der Waals surface area (Å²) in [6, 6.07) is 15.0. The van der Waals surface area contributed by atoms with Gasteiger partial charge in [0.1, 0.15) is 28.7 Å². The molecule has 1 N–H and O–H groups in total. The molecule has 1 saturated heterocycles. The standard InChI is InChI=1S/C34H43N7O4/c1-24-35-23-30-31(38-27-10-7-12-29(22-27)44-28-11-6-9-26(21-28)37-25(2)42)13-16-40(32(30)36-24)15-8-14-39-17-19-41(20-18-39)33(43)45-34(3,4)5/h6-7,9-12,21-23H,8,13-20H2,1-5H3,(H,37,42). The van der Waals surface area contributed by atoms with Crippen molar-refractivity contribution >= 4 is 34.9 Å². The molecule has 45 heavy (non-hydrogen) atoms. The van der Waals surface area contributed by atoms with Crippen molar-refractivity contribution in [1.82, 2.24) is 19.8 Å². The van der Waals surface area contributed by atoms with Crippen LogP contribution in [0.15, 0.2) is 59.7 Å². The zero-order valence-corrected chi connectivity index (χ0v) is 26.9. The van der Waals surface area contributed by atoms with Gasteiger partial charge in [0.05, 0.1) is 17.0 Å². The number of ether oxygens (including phenoxy) is 2. The first kappa shape index (κ1) is 31.9. The molecular formula is C34H43N7O4. The summed E-state index contributed by atoms with van der Waals surface area (Å²) in [6.45, 7) is 14.8. The Morgan fingerprint density at radius 3 is 2.44 bits per heavy atom. The quantitative estimate of drug-likeness (QED) is 0.339. The zero-order valence-electron chi connectivity index (χ0n) is 26.9. The van der Waals surface area contributed by atoms with E-state index in [-0.39, 0.29) is 12.0 Å². The maximum atomic E-state index is 12.4. The van der Waals surface area contributed by atoms with Crippen LogP contribution in [0.2, 0.25) is 0 Å². The predicted octanol–water partition coefficient (Wildman–Crippen LogP) is 5.81. The van der Waals surface area contributed by atoms with Crippen molar-refractivity contribution in [3.05, 3.63) is 66.1 Å². The van der Waals surface area contributed by atoms with E-state index in [1.807, 2.05) is 76.4 Å². The molecule has 11 nitrogen and oxygen atoms in total. The fraction of sp³-hybridized carbons (Fsp3) is 0.441. The molecule has 2 aliphatic rings. The fourth-order valence-electron chi connectivity index (χ4n) is 5.43. The van der Waals surface area contributed by atoms with Crippen LogP contribution in [-0.4, -0.2) is 88.9 Å². The molecule has 11 heteroatoms. The van der Waals surface area contributed by atoms with Crippen molar-refractivity contribution in [2.75, 3.05) is 56.0 Å². The van der Waals surface area contributed by atoms with Gasteiger partial charge >= 0.3 is 6.09 Å². The van der Waals surface area contributed by atoms with Crippen molar-refractivity contribution in [1.29, 1.82) is 0 Å². The third-order valence-corrected chi connectivity index (χ3v) is 7.52. The predicted molar refractivity (Wildman–Crippen MR) is 176 cm³/mol. The number of hydrogen-bond acceptors (Lipinski definition) is 9. The van der Waals surface area contributed by atoms with Crippen LogP contribution in [-0.2, 0) is 9.53 Å². The Kier molecular flexibility index (Phi) is 9.97. The number of carbonyl (C=O) groups excluding carboxylic acids is 2. The third-order valence-electron chi connectivity index (χ3n) is 7.52. The van der Waals surface area contributed by atoms with E-state index in [1.165, 1.54) is 6.92 Å². The lowest BCUT2D eigenvalue weighted by molar-refractivity contribution is -0.114. The fourth-order valence-corrected chi connectivity index (χ4v) is 5.43. The average Bonchev–Trinajstić information content (AvgIpc) is 2.97. The van der Waals surface area contributed by atoms with Crippen molar-refractivity contribution in [2.45, 2.75) is 53.1 Å². The van der Waals surface area contributed by atoms with Crippen LogP contribution in [0.25, 0.3) is 0 Å². The van der Waals surface area contributed by atoms with Crippen LogP contribution in [0, 0.1) is 6.92 Å². The van der Waals surface area contributed by atoms with Gasteiger partial charge in [0.15, 0.2) is 0 Å². The molecule has 0 saturated carbocycles. The Bertz CT molecular complexity index is 1540. The van der Waals surface area contributed by atoms with Crippen LogP contribution >= 0.6 is 0 Å². The van der Waals surface area contributed by atoms with E-state index in [2.05, 4.69) is 20.1 Å². The van der Waals surface area contributed by atoms with Crippen LogP contribution in [0.3, 0.4) is 0 Å². The number of fused-ring (bicyclic) bond motifs is 1. The second kappa shape index (κ2) is 14.1. The highest BCUT2D eigenvalue weighted by molar-refractivity contribution is 6.07. The number of hydrogen-bond donors (Lipinski definition) is 1. The molecule has 0 bridgehead atoms. The normalized spacial score (nSPS) is 16.3. The van der Waals surface area contributed by atoms with Crippen molar-refractivity contribution in [3.8, 4) is 11.5 Å². The summed E-state index contributed by atoms with van der Waals surface area (Å²) in [4.78, 5) is 44.7. The number of rotatable bonds is 8. The topological polar surface area (TPSA) is 112 Å². The van der Waals surface area contributed by atoms with Crippen LogP contribution in [0.1, 0.15) is 51.9 Å².